The summed E-state index contributed by atoms with van der Waals surface area (Å²) < 4.78 is 14.6. The molecule has 0 fully saturated rings. The molecule has 2 heterocycles. The van der Waals surface area contributed by atoms with Gasteiger partial charge in [0.1, 0.15) is 11.2 Å². The molecule has 34 heavy (non-hydrogen) atoms. The summed E-state index contributed by atoms with van der Waals surface area (Å²) in [4.78, 5) is 26.1. The van der Waals surface area contributed by atoms with Gasteiger partial charge in [-0.25, -0.2) is 18.7 Å². The molecule has 3 aromatic rings. The first kappa shape index (κ1) is 25.3. The Morgan fingerprint density at radius 2 is 1.06 bits per heavy atom. The lowest BCUT2D eigenvalue weighted by molar-refractivity contribution is 0.0524. The number of aryl methyl sites for hydroxylation is 2. The van der Waals surface area contributed by atoms with Gasteiger partial charge in [0, 0.05) is 11.4 Å². The highest BCUT2D eigenvalue weighted by molar-refractivity contribution is 5.84. The van der Waals surface area contributed by atoms with Crippen molar-refractivity contribution in [3.05, 3.63) is 59.9 Å². The zero-order chi connectivity index (χ0) is 25.3. The third kappa shape index (κ3) is 5.61. The summed E-state index contributed by atoms with van der Waals surface area (Å²) >= 11 is 0. The SMILES string of the molecule is CCc1ccc(-c2cccc(-c3ccc(CC)n3C(=O)OC(C)(C)C)c2)n1C(=O)OC(C)(C)C. The predicted octanol–water partition coefficient (Wildman–Crippen LogP) is 7.31. The van der Waals surface area contributed by atoms with E-state index in [1.807, 2.05) is 104 Å². The second-order valence-corrected chi connectivity index (χ2v) is 10.3. The predicted molar refractivity (Wildman–Crippen MR) is 135 cm³/mol. The molecular weight excluding hydrogens is 428 g/mol. The Bertz CT molecular complexity index is 1100. The van der Waals surface area contributed by atoms with Gasteiger partial charge in [-0.1, -0.05) is 32.0 Å². The van der Waals surface area contributed by atoms with Crippen LogP contribution in [0.3, 0.4) is 0 Å². The Hall–Kier alpha value is -3.28. The molecular formula is C28H36N2O4. The molecule has 182 valence electrons. The first-order valence-corrected chi connectivity index (χ1v) is 11.8. The molecule has 0 saturated carbocycles. The largest absolute Gasteiger partial charge is 0.443 e. The van der Waals surface area contributed by atoms with E-state index in [2.05, 4.69) is 0 Å². The Morgan fingerprint density at radius 1 is 0.676 bits per heavy atom. The van der Waals surface area contributed by atoms with Crippen molar-refractivity contribution < 1.29 is 19.1 Å². The first-order valence-electron chi connectivity index (χ1n) is 11.8. The number of aromatic nitrogens is 2. The summed E-state index contributed by atoms with van der Waals surface area (Å²) in [5.41, 5.74) is 3.77. The summed E-state index contributed by atoms with van der Waals surface area (Å²) in [6.45, 7) is 15.2. The van der Waals surface area contributed by atoms with E-state index in [1.54, 1.807) is 9.13 Å². The Morgan fingerprint density at radius 3 is 1.38 bits per heavy atom. The average Bonchev–Trinajstić information content (AvgIpc) is 3.35. The zero-order valence-electron chi connectivity index (χ0n) is 21.6. The maximum atomic E-state index is 13.0. The molecule has 0 N–H and O–H groups in total. The van der Waals surface area contributed by atoms with E-state index >= 15 is 0 Å². The second-order valence-electron chi connectivity index (χ2n) is 10.3. The summed E-state index contributed by atoms with van der Waals surface area (Å²) in [6.07, 6.45) is 0.584. The number of nitrogens with zero attached hydrogens (tertiary/aromatic N) is 2. The van der Waals surface area contributed by atoms with E-state index in [9.17, 15) is 9.59 Å². The van der Waals surface area contributed by atoms with Crippen LogP contribution in [0.1, 0.15) is 66.8 Å². The molecule has 0 bridgehead atoms. The first-order chi connectivity index (χ1) is 15.8. The van der Waals surface area contributed by atoms with Gasteiger partial charge in [-0.3, -0.25) is 0 Å². The van der Waals surface area contributed by atoms with Crippen LogP contribution in [0, 0.1) is 0 Å². The molecule has 0 aliphatic heterocycles. The van der Waals surface area contributed by atoms with Crippen molar-refractivity contribution in [1.29, 1.82) is 0 Å². The van der Waals surface area contributed by atoms with Crippen molar-refractivity contribution in [2.24, 2.45) is 0 Å². The number of ether oxygens (including phenoxy) is 2. The Balaban J connectivity index is 2.09. The van der Waals surface area contributed by atoms with E-state index < -0.39 is 23.4 Å². The van der Waals surface area contributed by atoms with E-state index in [1.165, 1.54) is 0 Å². The number of carbonyl (C=O) groups is 2. The van der Waals surface area contributed by atoms with E-state index in [-0.39, 0.29) is 0 Å². The van der Waals surface area contributed by atoms with Gasteiger partial charge in [-0.05, 0) is 95.8 Å². The number of carbonyl (C=O) groups excluding carboxylic acids is 2. The summed E-state index contributed by atoms with van der Waals surface area (Å²) in [5, 5.41) is 0. The summed E-state index contributed by atoms with van der Waals surface area (Å²) in [5.74, 6) is 0. The molecule has 0 atom stereocenters. The molecule has 0 radical (unpaired) electrons. The maximum absolute atomic E-state index is 13.0. The van der Waals surface area contributed by atoms with Gasteiger partial charge >= 0.3 is 12.2 Å². The molecule has 0 aliphatic carbocycles. The molecule has 3 rings (SSSR count). The van der Waals surface area contributed by atoms with Crippen LogP contribution >= 0.6 is 0 Å². The molecule has 1 aromatic carbocycles. The van der Waals surface area contributed by atoms with Crippen LogP contribution in [-0.2, 0) is 22.3 Å². The van der Waals surface area contributed by atoms with Crippen LogP contribution in [0.15, 0.2) is 48.5 Å². The lowest BCUT2D eigenvalue weighted by Crippen LogP contribution is -2.28. The summed E-state index contributed by atoms with van der Waals surface area (Å²) in [6, 6.07) is 15.6. The smallest absolute Gasteiger partial charge is 0.419 e. The van der Waals surface area contributed by atoms with Crippen molar-refractivity contribution in [2.45, 2.75) is 79.4 Å². The fourth-order valence-electron chi connectivity index (χ4n) is 3.84. The van der Waals surface area contributed by atoms with Crippen LogP contribution in [0.2, 0.25) is 0 Å². The van der Waals surface area contributed by atoms with E-state index in [0.29, 0.717) is 12.8 Å². The average molecular weight is 465 g/mol. The minimum absolute atomic E-state index is 0.403. The molecule has 6 heteroatoms. The van der Waals surface area contributed by atoms with Crippen molar-refractivity contribution in [2.75, 3.05) is 0 Å². The maximum Gasteiger partial charge on any atom is 0.419 e. The van der Waals surface area contributed by atoms with Crippen LogP contribution in [-0.4, -0.2) is 32.5 Å². The van der Waals surface area contributed by atoms with Crippen LogP contribution in [0.4, 0.5) is 9.59 Å². The van der Waals surface area contributed by atoms with Gasteiger partial charge in [0.25, 0.3) is 0 Å². The van der Waals surface area contributed by atoms with Crippen molar-refractivity contribution in [3.63, 3.8) is 0 Å². The monoisotopic (exact) mass is 464 g/mol. The van der Waals surface area contributed by atoms with Gasteiger partial charge < -0.3 is 9.47 Å². The standard InChI is InChI=1S/C28H36N2O4/c1-9-21-14-16-23(29(21)25(31)33-27(3,4)5)19-12-11-13-20(18-19)24-17-15-22(10-2)30(24)26(32)34-28(6,7)8/h11-18H,9-10H2,1-8H3. The van der Waals surface area contributed by atoms with Gasteiger partial charge in [-0.15, -0.1) is 0 Å². The third-order valence-electron chi connectivity index (χ3n) is 5.25. The molecule has 0 aliphatic rings. The van der Waals surface area contributed by atoms with Crippen molar-refractivity contribution >= 4 is 12.2 Å². The van der Waals surface area contributed by atoms with Crippen LogP contribution < -0.4 is 0 Å². The topological polar surface area (TPSA) is 62.5 Å². The second kappa shape index (κ2) is 9.53. The highest BCUT2D eigenvalue weighted by Gasteiger charge is 2.24. The van der Waals surface area contributed by atoms with Crippen molar-refractivity contribution in [3.8, 4) is 22.5 Å². The Kier molecular flexibility index (Phi) is 7.10. The molecule has 6 nitrogen and oxygen atoms in total. The molecule has 0 amide bonds. The van der Waals surface area contributed by atoms with E-state index in [4.69, 9.17) is 9.47 Å². The molecule has 2 aromatic heterocycles. The van der Waals surface area contributed by atoms with Gasteiger partial charge in [0.05, 0.1) is 11.4 Å². The van der Waals surface area contributed by atoms with Gasteiger partial charge in [0.2, 0.25) is 0 Å². The zero-order valence-corrected chi connectivity index (χ0v) is 21.6. The van der Waals surface area contributed by atoms with Crippen LogP contribution in [0.25, 0.3) is 22.5 Å². The molecule has 0 unspecified atom stereocenters. The van der Waals surface area contributed by atoms with Crippen LogP contribution in [0.5, 0.6) is 0 Å². The third-order valence-corrected chi connectivity index (χ3v) is 5.25. The van der Waals surface area contributed by atoms with Gasteiger partial charge in [0.15, 0.2) is 0 Å². The highest BCUT2D eigenvalue weighted by atomic mass is 16.6. The summed E-state index contributed by atoms with van der Waals surface area (Å²) in [7, 11) is 0. The molecule has 0 saturated heterocycles. The number of hydrogen-bond donors (Lipinski definition) is 0. The fourth-order valence-corrected chi connectivity index (χ4v) is 3.84. The Labute approximate surface area is 202 Å². The minimum atomic E-state index is -0.601. The molecule has 0 spiro atoms. The lowest BCUT2D eigenvalue weighted by Gasteiger charge is -2.22. The number of benzene rings is 1. The fraction of sp³-hybridized carbons (Fsp3) is 0.429. The quantitative estimate of drug-likeness (QED) is 0.406. The number of rotatable bonds is 4. The lowest BCUT2D eigenvalue weighted by atomic mass is 10.1. The normalized spacial score (nSPS) is 12.0. The minimum Gasteiger partial charge on any atom is -0.443 e. The van der Waals surface area contributed by atoms with E-state index in [0.717, 1.165) is 33.9 Å². The number of hydrogen-bond acceptors (Lipinski definition) is 4. The highest BCUT2D eigenvalue weighted by Crippen LogP contribution is 2.31. The van der Waals surface area contributed by atoms with Crippen molar-refractivity contribution in [1.82, 2.24) is 9.13 Å². The van der Waals surface area contributed by atoms with Gasteiger partial charge in [-0.2, -0.15) is 0 Å².